The Morgan fingerprint density at radius 1 is 1.23 bits per heavy atom. The van der Waals surface area contributed by atoms with Gasteiger partial charge in [-0.25, -0.2) is 0 Å². The van der Waals surface area contributed by atoms with Gasteiger partial charge < -0.3 is 5.32 Å². The Kier molecular flexibility index (Phi) is 2.55. The topological polar surface area (TPSA) is 37.3 Å². The Hall–Kier alpha value is -1.38. The second kappa shape index (κ2) is 4.03. The van der Waals surface area contributed by atoms with Crippen molar-refractivity contribution in [1.29, 1.82) is 0 Å². The molecule has 0 spiro atoms. The fourth-order valence-corrected chi connectivity index (χ4v) is 1.43. The van der Waals surface area contributed by atoms with Gasteiger partial charge in [0.2, 0.25) is 0 Å². The molecule has 0 atom stereocenters. The van der Waals surface area contributed by atoms with Crippen molar-refractivity contribution in [3.63, 3.8) is 0 Å². The third-order valence-electron chi connectivity index (χ3n) is 2.14. The van der Waals surface area contributed by atoms with Crippen LogP contribution in [-0.2, 0) is 6.42 Å². The van der Waals surface area contributed by atoms with E-state index in [9.17, 15) is 0 Å². The Labute approximate surface area is 77.9 Å². The second-order valence-corrected chi connectivity index (χ2v) is 3.11. The van der Waals surface area contributed by atoms with E-state index in [1.165, 1.54) is 5.56 Å². The van der Waals surface area contributed by atoms with Crippen LogP contribution in [0.5, 0.6) is 0 Å². The van der Waals surface area contributed by atoms with Crippen LogP contribution >= 0.6 is 0 Å². The minimum absolute atomic E-state index is 0.936. The molecule has 0 unspecified atom stereocenters. The summed E-state index contributed by atoms with van der Waals surface area (Å²) >= 11 is 0. The lowest BCUT2D eigenvalue weighted by atomic mass is 10.1. The first-order chi connectivity index (χ1) is 6.45. The Balaban J connectivity index is 1.86. The monoisotopic (exact) mass is 175 g/mol. The SMILES string of the molecule is c1cc(CCC2=NCCN2)ccn1. The van der Waals surface area contributed by atoms with E-state index in [0.717, 1.165) is 31.8 Å². The molecular weight excluding hydrogens is 162 g/mol. The Morgan fingerprint density at radius 2 is 2.08 bits per heavy atom. The maximum absolute atomic E-state index is 4.34. The zero-order chi connectivity index (χ0) is 8.93. The summed E-state index contributed by atoms with van der Waals surface area (Å²) in [6.45, 7) is 1.94. The zero-order valence-electron chi connectivity index (χ0n) is 7.53. The molecule has 68 valence electrons. The number of hydrogen-bond acceptors (Lipinski definition) is 3. The van der Waals surface area contributed by atoms with E-state index < -0.39 is 0 Å². The van der Waals surface area contributed by atoms with Gasteiger partial charge in [-0.3, -0.25) is 9.98 Å². The molecule has 0 amide bonds. The average molecular weight is 175 g/mol. The van der Waals surface area contributed by atoms with Crippen molar-refractivity contribution in [1.82, 2.24) is 10.3 Å². The summed E-state index contributed by atoms with van der Waals surface area (Å²) in [4.78, 5) is 8.32. The smallest absolute Gasteiger partial charge is 0.0967 e. The van der Waals surface area contributed by atoms with Crippen LogP contribution in [0.4, 0.5) is 0 Å². The first kappa shape index (κ1) is 8.23. The van der Waals surface area contributed by atoms with Gasteiger partial charge >= 0.3 is 0 Å². The van der Waals surface area contributed by atoms with E-state index in [1.807, 2.05) is 12.4 Å². The van der Waals surface area contributed by atoms with E-state index in [1.54, 1.807) is 0 Å². The summed E-state index contributed by atoms with van der Waals surface area (Å²) in [7, 11) is 0. The van der Waals surface area contributed by atoms with Crippen molar-refractivity contribution in [2.45, 2.75) is 12.8 Å². The molecule has 2 heterocycles. The number of amidine groups is 1. The molecule has 13 heavy (non-hydrogen) atoms. The van der Waals surface area contributed by atoms with Crippen molar-refractivity contribution in [3.8, 4) is 0 Å². The molecule has 3 nitrogen and oxygen atoms in total. The predicted molar refractivity (Wildman–Crippen MR) is 52.9 cm³/mol. The van der Waals surface area contributed by atoms with Crippen LogP contribution in [0, 0.1) is 0 Å². The van der Waals surface area contributed by atoms with Crippen LogP contribution < -0.4 is 5.32 Å². The van der Waals surface area contributed by atoms with Gasteiger partial charge in [-0.2, -0.15) is 0 Å². The number of pyridine rings is 1. The summed E-state index contributed by atoms with van der Waals surface area (Å²) in [6, 6.07) is 4.10. The minimum atomic E-state index is 0.936. The van der Waals surface area contributed by atoms with Crippen molar-refractivity contribution in [3.05, 3.63) is 30.1 Å². The molecule has 0 saturated heterocycles. The Morgan fingerprint density at radius 3 is 2.77 bits per heavy atom. The number of rotatable bonds is 3. The molecule has 2 rings (SSSR count). The molecule has 1 aliphatic heterocycles. The number of hydrogen-bond donors (Lipinski definition) is 1. The van der Waals surface area contributed by atoms with Crippen LogP contribution in [0.25, 0.3) is 0 Å². The highest BCUT2D eigenvalue weighted by atomic mass is 15.1. The fourth-order valence-electron chi connectivity index (χ4n) is 1.43. The average Bonchev–Trinajstić information content (AvgIpc) is 2.69. The normalized spacial score (nSPS) is 15.2. The highest BCUT2D eigenvalue weighted by Crippen LogP contribution is 2.02. The summed E-state index contributed by atoms with van der Waals surface area (Å²) in [5, 5.41) is 3.26. The van der Waals surface area contributed by atoms with E-state index in [2.05, 4.69) is 27.4 Å². The van der Waals surface area contributed by atoms with Gasteiger partial charge in [0.25, 0.3) is 0 Å². The molecule has 3 heteroatoms. The van der Waals surface area contributed by atoms with Crippen LogP contribution in [0.3, 0.4) is 0 Å². The van der Waals surface area contributed by atoms with Crippen LogP contribution in [0.2, 0.25) is 0 Å². The lowest BCUT2D eigenvalue weighted by molar-refractivity contribution is 0.933. The molecule has 1 aromatic rings. The molecule has 1 aliphatic rings. The number of aryl methyl sites for hydroxylation is 1. The zero-order valence-corrected chi connectivity index (χ0v) is 7.53. The molecule has 0 aromatic carbocycles. The van der Waals surface area contributed by atoms with Crippen molar-refractivity contribution < 1.29 is 0 Å². The van der Waals surface area contributed by atoms with Crippen molar-refractivity contribution >= 4 is 5.84 Å². The third-order valence-corrected chi connectivity index (χ3v) is 2.14. The van der Waals surface area contributed by atoms with Crippen LogP contribution in [0.1, 0.15) is 12.0 Å². The molecule has 1 N–H and O–H groups in total. The third kappa shape index (κ3) is 2.28. The molecule has 0 aliphatic carbocycles. The van der Waals surface area contributed by atoms with E-state index in [-0.39, 0.29) is 0 Å². The molecule has 0 radical (unpaired) electrons. The number of nitrogens with zero attached hydrogens (tertiary/aromatic N) is 2. The largest absolute Gasteiger partial charge is 0.372 e. The standard InChI is InChI=1S/C10H13N3/c1(2-10-12-7-8-13-10)9-3-5-11-6-4-9/h3-6H,1-2,7-8H2,(H,12,13). The first-order valence-electron chi connectivity index (χ1n) is 4.61. The van der Waals surface area contributed by atoms with Gasteiger partial charge in [0.15, 0.2) is 0 Å². The highest BCUT2D eigenvalue weighted by molar-refractivity contribution is 5.83. The summed E-state index contributed by atoms with van der Waals surface area (Å²) in [5.74, 6) is 1.15. The number of nitrogens with one attached hydrogen (secondary N) is 1. The maximum atomic E-state index is 4.34. The minimum Gasteiger partial charge on any atom is -0.372 e. The van der Waals surface area contributed by atoms with Crippen molar-refractivity contribution in [2.24, 2.45) is 4.99 Å². The predicted octanol–water partition coefficient (Wildman–Crippen LogP) is 1.02. The van der Waals surface area contributed by atoms with E-state index in [4.69, 9.17) is 0 Å². The number of aromatic nitrogens is 1. The summed E-state index contributed by atoms with van der Waals surface area (Å²) in [6.07, 6.45) is 5.73. The molecule has 0 saturated carbocycles. The Bertz CT molecular complexity index is 292. The van der Waals surface area contributed by atoms with Crippen LogP contribution in [0.15, 0.2) is 29.5 Å². The lowest BCUT2D eigenvalue weighted by Gasteiger charge is -2.01. The van der Waals surface area contributed by atoms with Gasteiger partial charge in [-0.1, -0.05) is 0 Å². The number of aliphatic imine (C=N–C) groups is 1. The van der Waals surface area contributed by atoms with Crippen molar-refractivity contribution in [2.75, 3.05) is 13.1 Å². The van der Waals surface area contributed by atoms with Crippen LogP contribution in [-0.4, -0.2) is 23.9 Å². The van der Waals surface area contributed by atoms with Gasteiger partial charge in [0.1, 0.15) is 0 Å². The van der Waals surface area contributed by atoms with Gasteiger partial charge in [-0.15, -0.1) is 0 Å². The van der Waals surface area contributed by atoms with E-state index in [0.29, 0.717) is 0 Å². The lowest BCUT2D eigenvalue weighted by Crippen LogP contribution is -2.18. The molecule has 0 fully saturated rings. The maximum Gasteiger partial charge on any atom is 0.0967 e. The van der Waals surface area contributed by atoms with Gasteiger partial charge in [0, 0.05) is 25.4 Å². The quantitative estimate of drug-likeness (QED) is 0.744. The summed E-state index contributed by atoms with van der Waals surface area (Å²) in [5.41, 5.74) is 1.33. The molecule has 1 aromatic heterocycles. The molecule has 0 bridgehead atoms. The highest BCUT2D eigenvalue weighted by Gasteiger charge is 2.04. The van der Waals surface area contributed by atoms with Gasteiger partial charge in [0.05, 0.1) is 12.4 Å². The summed E-state index contributed by atoms with van der Waals surface area (Å²) < 4.78 is 0. The second-order valence-electron chi connectivity index (χ2n) is 3.11. The fraction of sp³-hybridized carbons (Fsp3) is 0.400. The first-order valence-corrected chi connectivity index (χ1v) is 4.61. The van der Waals surface area contributed by atoms with Gasteiger partial charge in [-0.05, 0) is 24.1 Å². The van der Waals surface area contributed by atoms with E-state index >= 15 is 0 Å². The molecular formula is C10H13N3.